The number of carboxylic acids is 1. The molecule has 8 nitrogen and oxygen atoms in total. The average Bonchev–Trinajstić information content (AvgIpc) is 2.68. The number of aromatic carboxylic acids is 1. The van der Waals surface area contributed by atoms with Gasteiger partial charge in [-0.3, -0.25) is 9.59 Å². The number of phenolic OH excluding ortho intramolecular Hbond substituents is 2. The molecule has 3 aromatic rings. The second-order valence-electron chi connectivity index (χ2n) is 6.01. The molecule has 0 aromatic heterocycles. The molecule has 3 rings (SSSR count). The van der Waals surface area contributed by atoms with Gasteiger partial charge in [-0.2, -0.15) is 0 Å². The molecule has 0 spiro atoms. The fraction of sp³-hybridized carbons (Fsp3) is 0. The van der Waals surface area contributed by atoms with Crippen molar-refractivity contribution in [2.24, 2.45) is 0 Å². The summed E-state index contributed by atoms with van der Waals surface area (Å²) in [4.78, 5) is 36.3. The lowest BCUT2D eigenvalue weighted by atomic mass is 10.1. The number of hydrogen-bond acceptors (Lipinski definition) is 5. The first-order chi connectivity index (χ1) is 13.9. The summed E-state index contributed by atoms with van der Waals surface area (Å²) in [5, 5.41) is 33.9. The van der Waals surface area contributed by atoms with Crippen LogP contribution in [0.15, 0.2) is 66.7 Å². The van der Waals surface area contributed by atoms with Crippen LogP contribution in [-0.4, -0.2) is 33.1 Å². The maximum atomic E-state index is 12.4. The summed E-state index contributed by atoms with van der Waals surface area (Å²) in [5.41, 5.74) is -0.0620. The van der Waals surface area contributed by atoms with Gasteiger partial charge in [0, 0.05) is 5.69 Å². The molecule has 2 amide bonds. The highest BCUT2D eigenvalue weighted by atomic mass is 16.4. The summed E-state index contributed by atoms with van der Waals surface area (Å²) >= 11 is 0. The first-order valence-corrected chi connectivity index (χ1v) is 8.43. The molecule has 3 aromatic carbocycles. The largest absolute Gasteiger partial charge is 0.507 e. The number of phenols is 2. The summed E-state index contributed by atoms with van der Waals surface area (Å²) in [6.45, 7) is 0. The van der Waals surface area contributed by atoms with Crippen LogP contribution in [0.25, 0.3) is 0 Å². The summed E-state index contributed by atoms with van der Waals surface area (Å²) in [6, 6.07) is 15.6. The molecular weight excluding hydrogens is 376 g/mol. The molecule has 0 saturated heterocycles. The Morgan fingerprint density at radius 2 is 1.17 bits per heavy atom. The van der Waals surface area contributed by atoms with Crippen LogP contribution in [0, 0.1) is 0 Å². The van der Waals surface area contributed by atoms with Crippen molar-refractivity contribution in [1.29, 1.82) is 0 Å². The van der Waals surface area contributed by atoms with Gasteiger partial charge < -0.3 is 26.0 Å². The average molecular weight is 392 g/mol. The quantitative estimate of drug-likeness (QED) is 0.452. The molecular formula is C21H16N2O6. The third-order valence-electron chi connectivity index (χ3n) is 4.05. The second kappa shape index (κ2) is 8.13. The number of carbonyl (C=O) groups is 3. The summed E-state index contributed by atoms with van der Waals surface area (Å²) in [5.74, 6) is -3.07. The Balaban J connectivity index is 1.89. The van der Waals surface area contributed by atoms with Gasteiger partial charge in [-0.25, -0.2) is 4.79 Å². The lowest BCUT2D eigenvalue weighted by Gasteiger charge is -2.12. The molecule has 0 unspecified atom stereocenters. The fourth-order valence-corrected chi connectivity index (χ4v) is 2.63. The van der Waals surface area contributed by atoms with Crippen molar-refractivity contribution in [3.63, 3.8) is 0 Å². The number of aromatic hydroxyl groups is 2. The maximum absolute atomic E-state index is 12.4. The zero-order valence-corrected chi connectivity index (χ0v) is 14.9. The van der Waals surface area contributed by atoms with Crippen molar-refractivity contribution >= 4 is 29.2 Å². The molecule has 0 heterocycles. The Kier molecular flexibility index (Phi) is 5.45. The minimum Gasteiger partial charge on any atom is -0.507 e. The van der Waals surface area contributed by atoms with Crippen LogP contribution in [0.5, 0.6) is 11.5 Å². The van der Waals surface area contributed by atoms with E-state index < -0.39 is 17.8 Å². The number of carboxylic acid groups (broad SMARTS) is 1. The Bertz CT molecular complexity index is 1110. The van der Waals surface area contributed by atoms with Crippen LogP contribution >= 0.6 is 0 Å². The normalized spacial score (nSPS) is 10.2. The highest BCUT2D eigenvalue weighted by molar-refractivity contribution is 6.10. The number of anilines is 2. The SMILES string of the molecule is O=C(Nc1ccc(C(=O)O)c(NC(=O)c2ccccc2O)c1)c1ccccc1O. The molecule has 0 bridgehead atoms. The monoisotopic (exact) mass is 392 g/mol. The highest BCUT2D eigenvalue weighted by Gasteiger charge is 2.17. The van der Waals surface area contributed by atoms with Gasteiger partial charge in [0.05, 0.1) is 22.4 Å². The predicted molar refractivity (Wildman–Crippen MR) is 106 cm³/mol. The smallest absolute Gasteiger partial charge is 0.337 e. The number of para-hydroxylation sites is 2. The summed E-state index contributed by atoms with van der Waals surface area (Å²) in [6.07, 6.45) is 0. The van der Waals surface area contributed by atoms with Crippen molar-refractivity contribution in [3.05, 3.63) is 83.4 Å². The van der Waals surface area contributed by atoms with Gasteiger partial charge >= 0.3 is 5.97 Å². The van der Waals surface area contributed by atoms with E-state index in [2.05, 4.69) is 10.6 Å². The van der Waals surface area contributed by atoms with Gasteiger partial charge in [0.2, 0.25) is 0 Å². The minimum absolute atomic E-state index is 0.0347. The van der Waals surface area contributed by atoms with Crippen molar-refractivity contribution < 1.29 is 29.7 Å². The van der Waals surface area contributed by atoms with E-state index in [1.807, 2.05) is 0 Å². The van der Waals surface area contributed by atoms with Crippen LogP contribution < -0.4 is 10.6 Å². The van der Waals surface area contributed by atoms with Gasteiger partial charge in [0.15, 0.2) is 0 Å². The third-order valence-corrected chi connectivity index (χ3v) is 4.05. The molecule has 0 atom stereocenters. The summed E-state index contributed by atoms with van der Waals surface area (Å²) in [7, 11) is 0. The Morgan fingerprint density at radius 1 is 0.655 bits per heavy atom. The zero-order valence-electron chi connectivity index (χ0n) is 14.9. The van der Waals surface area contributed by atoms with Crippen molar-refractivity contribution in [2.75, 3.05) is 10.6 Å². The van der Waals surface area contributed by atoms with E-state index in [4.69, 9.17) is 0 Å². The standard InChI is InChI=1S/C21H16N2O6/c24-17-7-3-1-5-14(17)19(26)22-12-9-10-13(21(28)29)16(11-12)23-20(27)15-6-2-4-8-18(15)25/h1-11,24-25H,(H,22,26)(H,23,27)(H,28,29). The molecule has 0 aliphatic heterocycles. The van der Waals surface area contributed by atoms with E-state index in [0.717, 1.165) is 0 Å². The van der Waals surface area contributed by atoms with Crippen LogP contribution in [0.1, 0.15) is 31.1 Å². The molecule has 29 heavy (non-hydrogen) atoms. The van der Waals surface area contributed by atoms with Crippen LogP contribution in [-0.2, 0) is 0 Å². The Morgan fingerprint density at radius 3 is 1.69 bits per heavy atom. The number of carbonyl (C=O) groups excluding carboxylic acids is 2. The zero-order chi connectivity index (χ0) is 21.0. The number of nitrogens with one attached hydrogen (secondary N) is 2. The van der Waals surface area contributed by atoms with Crippen molar-refractivity contribution in [2.45, 2.75) is 0 Å². The van der Waals surface area contributed by atoms with Gasteiger partial charge in [-0.1, -0.05) is 24.3 Å². The van der Waals surface area contributed by atoms with Crippen LogP contribution in [0.3, 0.4) is 0 Å². The third kappa shape index (κ3) is 4.33. The first-order valence-electron chi connectivity index (χ1n) is 8.43. The molecule has 8 heteroatoms. The number of rotatable bonds is 5. The molecule has 0 saturated carbocycles. The Hall–Kier alpha value is -4.33. The van der Waals surface area contributed by atoms with E-state index in [1.165, 1.54) is 42.5 Å². The molecule has 146 valence electrons. The molecule has 0 aliphatic rings. The molecule has 5 N–H and O–H groups in total. The van der Waals surface area contributed by atoms with Crippen LogP contribution in [0.2, 0.25) is 0 Å². The topological polar surface area (TPSA) is 136 Å². The van der Waals surface area contributed by atoms with E-state index in [9.17, 15) is 29.7 Å². The van der Waals surface area contributed by atoms with E-state index in [0.29, 0.717) is 0 Å². The van der Waals surface area contributed by atoms with E-state index in [-0.39, 0.29) is 39.6 Å². The lowest BCUT2D eigenvalue weighted by Crippen LogP contribution is -2.16. The van der Waals surface area contributed by atoms with Gasteiger partial charge in [-0.05, 0) is 42.5 Å². The molecule has 0 aliphatic carbocycles. The summed E-state index contributed by atoms with van der Waals surface area (Å²) < 4.78 is 0. The predicted octanol–water partition coefficient (Wildman–Crippen LogP) is 3.30. The highest BCUT2D eigenvalue weighted by Crippen LogP contribution is 2.25. The Labute approximate surface area is 165 Å². The number of amides is 2. The minimum atomic E-state index is -1.28. The number of benzene rings is 3. The van der Waals surface area contributed by atoms with Crippen LogP contribution in [0.4, 0.5) is 11.4 Å². The molecule has 0 radical (unpaired) electrons. The van der Waals surface area contributed by atoms with Crippen molar-refractivity contribution in [3.8, 4) is 11.5 Å². The van der Waals surface area contributed by atoms with Gasteiger partial charge in [0.25, 0.3) is 11.8 Å². The second-order valence-corrected chi connectivity index (χ2v) is 6.01. The fourth-order valence-electron chi connectivity index (χ4n) is 2.63. The first kappa shape index (κ1) is 19.4. The van der Waals surface area contributed by atoms with E-state index >= 15 is 0 Å². The van der Waals surface area contributed by atoms with Gasteiger partial charge in [0.1, 0.15) is 11.5 Å². The molecule has 0 fully saturated rings. The van der Waals surface area contributed by atoms with Gasteiger partial charge in [-0.15, -0.1) is 0 Å². The maximum Gasteiger partial charge on any atom is 0.337 e. The lowest BCUT2D eigenvalue weighted by molar-refractivity contribution is 0.0698. The van der Waals surface area contributed by atoms with E-state index in [1.54, 1.807) is 24.3 Å². The number of hydrogen-bond donors (Lipinski definition) is 5. The van der Waals surface area contributed by atoms with Crippen molar-refractivity contribution in [1.82, 2.24) is 0 Å².